The second kappa shape index (κ2) is 6.53. The van der Waals surface area contributed by atoms with E-state index in [-0.39, 0.29) is 0 Å². The third kappa shape index (κ3) is 4.05. The van der Waals surface area contributed by atoms with E-state index in [1.807, 2.05) is 17.9 Å². The molecule has 1 N–H and O–H groups in total. The van der Waals surface area contributed by atoms with Gasteiger partial charge in [0, 0.05) is 37.4 Å². The van der Waals surface area contributed by atoms with Crippen LogP contribution in [0.3, 0.4) is 0 Å². The molecular weight excluding hydrogens is 236 g/mol. The number of aryl methyl sites for hydroxylation is 1. The van der Waals surface area contributed by atoms with Crippen molar-refractivity contribution in [3.63, 3.8) is 0 Å². The average Bonchev–Trinajstić information content (AvgIpc) is 2.69. The number of nitrogens with one attached hydrogen (secondary N) is 1. The summed E-state index contributed by atoms with van der Waals surface area (Å²) < 4.78 is 1.95. The zero-order valence-electron chi connectivity index (χ0n) is 12.8. The fourth-order valence-corrected chi connectivity index (χ4v) is 2.81. The number of hydrogen-bond donors (Lipinski definition) is 1. The summed E-state index contributed by atoms with van der Waals surface area (Å²) in [6.45, 7) is 11.4. The van der Waals surface area contributed by atoms with Gasteiger partial charge in [-0.15, -0.1) is 0 Å². The van der Waals surface area contributed by atoms with Crippen LogP contribution in [0, 0.1) is 12.8 Å². The van der Waals surface area contributed by atoms with E-state index in [2.05, 4.69) is 36.1 Å². The zero-order chi connectivity index (χ0) is 13.8. The van der Waals surface area contributed by atoms with E-state index in [1.54, 1.807) is 0 Å². The minimum absolute atomic E-state index is 0.669. The van der Waals surface area contributed by atoms with Gasteiger partial charge in [-0.25, -0.2) is 0 Å². The van der Waals surface area contributed by atoms with Crippen molar-refractivity contribution >= 4 is 0 Å². The number of piperidine rings is 1. The molecule has 1 saturated heterocycles. The van der Waals surface area contributed by atoms with Crippen molar-refractivity contribution in [2.24, 2.45) is 13.0 Å². The van der Waals surface area contributed by atoms with Crippen LogP contribution in [-0.4, -0.2) is 40.4 Å². The smallest absolute Gasteiger partial charge is 0.0537 e. The molecule has 1 aliphatic heterocycles. The van der Waals surface area contributed by atoms with Crippen molar-refractivity contribution in [1.82, 2.24) is 20.0 Å². The molecule has 108 valence electrons. The monoisotopic (exact) mass is 264 g/mol. The molecule has 1 fully saturated rings. The maximum atomic E-state index is 4.29. The van der Waals surface area contributed by atoms with Gasteiger partial charge < -0.3 is 10.2 Å². The molecule has 0 saturated carbocycles. The molecule has 0 radical (unpaired) electrons. The van der Waals surface area contributed by atoms with Gasteiger partial charge in [0.1, 0.15) is 0 Å². The standard InChI is InChI=1S/C15H28N4/c1-12(2)11-19-7-5-15(6-8-19)16-9-14-10-17-18(4)13(14)3/h10,12,15-16H,5-9,11H2,1-4H3. The summed E-state index contributed by atoms with van der Waals surface area (Å²) in [5.41, 5.74) is 2.59. The third-order valence-corrected chi connectivity index (χ3v) is 4.13. The summed E-state index contributed by atoms with van der Waals surface area (Å²) in [6.07, 6.45) is 4.52. The average molecular weight is 264 g/mol. The maximum absolute atomic E-state index is 4.29. The van der Waals surface area contributed by atoms with Crippen molar-refractivity contribution in [2.45, 2.75) is 46.2 Å². The lowest BCUT2D eigenvalue weighted by Gasteiger charge is -2.33. The molecule has 4 heteroatoms. The first-order valence-electron chi connectivity index (χ1n) is 7.49. The Morgan fingerprint density at radius 2 is 2.05 bits per heavy atom. The molecule has 0 aromatic carbocycles. The Morgan fingerprint density at radius 1 is 1.37 bits per heavy atom. The number of rotatable bonds is 5. The highest BCUT2D eigenvalue weighted by Crippen LogP contribution is 2.13. The number of likely N-dealkylation sites (tertiary alicyclic amines) is 1. The molecule has 1 aliphatic rings. The Bertz CT molecular complexity index is 389. The Labute approximate surface area is 117 Å². The van der Waals surface area contributed by atoms with Crippen LogP contribution in [0.4, 0.5) is 0 Å². The van der Waals surface area contributed by atoms with Crippen molar-refractivity contribution in [2.75, 3.05) is 19.6 Å². The summed E-state index contributed by atoms with van der Waals surface area (Å²) in [5.74, 6) is 0.780. The molecule has 0 spiro atoms. The SMILES string of the molecule is Cc1c(CNC2CCN(CC(C)C)CC2)cnn1C. The molecule has 0 unspecified atom stereocenters. The van der Waals surface area contributed by atoms with Gasteiger partial charge in [-0.3, -0.25) is 4.68 Å². The Morgan fingerprint density at radius 3 is 2.58 bits per heavy atom. The zero-order valence-corrected chi connectivity index (χ0v) is 12.8. The Hall–Kier alpha value is -0.870. The van der Waals surface area contributed by atoms with Gasteiger partial charge in [0.05, 0.1) is 6.20 Å². The van der Waals surface area contributed by atoms with Crippen molar-refractivity contribution in [3.05, 3.63) is 17.5 Å². The quantitative estimate of drug-likeness (QED) is 0.882. The van der Waals surface area contributed by atoms with Gasteiger partial charge in [-0.05, 0) is 38.8 Å². The van der Waals surface area contributed by atoms with Crippen molar-refractivity contribution in [1.29, 1.82) is 0 Å². The number of hydrogen-bond acceptors (Lipinski definition) is 3. The summed E-state index contributed by atoms with van der Waals surface area (Å²) in [4.78, 5) is 2.60. The molecule has 2 heterocycles. The Kier molecular flexibility index (Phi) is 4.99. The van der Waals surface area contributed by atoms with Gasteiger partial charge >= 0.3 is 0 Å². The predicted octanol–water partition coefficient (Wildman–Crippen LogP) is 1.94. The van der Waals surface area contributed by atoms with Gasteiger partial charge in [0.2, 0.25) is 0 Å². The number of nitrogens with zero attached hydrogens (tertiary/aromatic N) is 3. The van der Waals surface area contributed by atoms with E-state index in [9.17, 15) is 0 Å². The van der Waals surface area contributed by atoms with E-state index >= 15 is 0 Å². The molecule has 19 heavy (non-hydrogen) atoms. The predicted molar refractivity (Wildman–Crippen MR) is 79.1 cm³/mol. The summed E-state index contributed by atoms with van der Waals surface area (Å²) >= 11 is 0. The first-order valence-corrected chi connectivity index (χ1v) is 7.49. The highest BCUT2D eigenvalue weighted by Gasteiger charge is 2.19. The molecule has 0 amide bonds. The van der Waals surface area contributed by atoms with Gasteiger partial charge in [0.25, 0.3) is 0 Å². The second-order valence-corrected chi connectivity index (χ2v) is 6.23. The van der Waals surface area contributed by atoms with Crippen LogP contribution in [0.25, 0.3) is 0 Å². The molecule has 1 aromatic rings. The van der Waals surface area contributed by atoms with E-state index in [1.165, 1.54) is 43.7 Å². The lowest BCUT2D eigenvalue weighted by atomic mass is 10.0. The lowest BCUT2D eigenvalue weighted by molar-refractivity contribution is 0.179. The fourth-order valence-electron chi connectivity index (χ4n) is 2.81. The van der Waals surface area contributed by atoms with Crippen LogP contribution >= 0.6 is 0 Å². The molecule has 0 bridgehead atoms. The van der Waals surface area contributed by atoms with Crippen molar-refractivity contribution < 1.29 is 0 Å². The summed E-state index contributed by atoms with van der Waals surface area (Å²) in [7, 11) is 2.00. The highest BCUT2D eigenvalue weighted by molar-refractivity contribution is 5.15. The highest BCUT2D eigenvalue weighted by atomic mass is 15.3. The topological polar surface area (TPSA) is 33.1 Å². The first-order chi connectivity index (χ1) is 9.06. The molecule has 2 rings (SSSR count). The maximum Gasteiger partial charge on any atom is 0.0537 e. The third-order valence-electron chi connectivity index (χ3n) is 4.13. The van der Waals surface area contributed by atoms with Crippen LogP contribution in [0.1, 0.15) is 37.9 Å². The van der Waals surface area contributed by atoms with Gasteiger partial charge in [-0.2, -0.15) is 5.10 Å². The first kappa shape index (κ1) is 14.5. The van der Waals surface area contributed by atoms with E-state index in [0.29, 0.717) is 6.04 Å². The lowest BCUT2D eigenvalue weighted by Crippen LogP contribution is -2.43. The largest absolute Gasteiger partial charge is 0.310 e. The van der Waals surface area contributed by atoms with E-state index in [0.717, 1.165) is 12.5 Å². The molecule has 0 aliphatic carbocycles. The van der Waals surface area contributed by atoms with Crippen LogP contribution < -0.4 is 5.32 Å². The van der Waals surface area contributed by atoms with Crippen LogP contribution in [0.2, 0.25) is 0 Å². The van der Waals surface area contributed by atoms with Crippen LogP contribution in [-0.2, 0) is 13.6 Å². The molecule has 1 aromatic heterocycles. The van der Waals surface area contributed by atoms with Crippen molar-refractivity contribution in [3.8, 4) is 0 Å². The molecular formula is C15H28N4. The normalized spacial score (nSPS) is 18.4. The van der Waals surface area contributed by atoms with Gasteiger partial charge in [0.15, 0.2) is 0 Å². The summed E-state index contributed by atoms with van der Waals surface area (Å²) in [5, 5.41) is 7.98. The minimum Gasteiger partial charge on any atom is -0.310 e. The summed E-state index contributed by atoms with van der Waals surface area (Å²) in [6, 6.07) is 0.669. The second-order valence-electron chi connectivity index (χ2n) is 6.23. The molecule has 0 atom stereocenters. The van der Waals surface area contributed by atoms with E-state index < -0.39 is 0 Å². The molecule has 4 nitrogen and oxygen atoms in total. The van der Waals surface area contributed by atoms with Gasteiger partial charge in [-0.1, -0.05) is 13.8 Å². The number of aromatic nitrogens is 2. The Balaban J connectivity index is 1.73. The van der Waals surface area contributed by atoms with Crippen LogP contribution in [0.15, 0.2) is 6.20 Å². The van der Waals surface area contributed by atoms with E-state index in [4.69, 9.17) is 0 Å². The van der Waals surface area contributed by atoms with Crippen LogP contribution in [0.5, 0.6) is 0 Å². The minimum atomic E-state index is 0.669. The fraction of sp³-hybridized carbons (Fsp3) is 0.800.